The molecule has 2 aliphatic carbocycles. The molecular weight excluding hydrogens is 796 g/mol. The van der Waals surface area contributed by atoms with Crippen LogP contribution >= 0.6 is 0 Å². The molecule has 59 heavy (non-hydrogen) atoms. The number of amides is 4. The summed E-state index contributed by atoms with van der Waals surface area (Å²) in [5.41, 5.74) is -4.60. The topological polar surface area (TPSA) is 185 Å². The SMILES string of the molecule is CCOc1cc2ccnc(O[C@]3(C)C[C@H]4C(=O)N[C@]5(C(=O)NS(=O)(=O)C6CC6)C[C@H]5/C=C\CC[C@@H](C)C[C@@H](CC)[C@H](N(C(=O)O)C(C)CC)C(=O)N4C3(F)F)c2cc1F. The van der Waals surface area contributed by atoms with Gasteiger partial charge in [0, 0.05) is 30.0 Å². The van der Waals surface area contributed by atoms with E-state index < -0.39 is 104 Å². The quantitative estimate of drug-likeness (QED) is 0.175. The molecule has 6 rings (SSSR count). The number of benzene rings is 1. The van der Waals surface area contributed by atoms with Crippen molar-refractivity contribution in [1.82, 2.24) is 24.8 Å². The summed E-state index contributed by atoms with van der Waals surface area (Å²) in [5.74, 6) is -6.47. The van der Waals surface area contributed by atoms with Gasteiger partial charge < -0.3 is 19.9 Å². The molecule has 0 spiro atoms. The van der Waals surface area contributed by atoms with Gasteiger partial charge in [-0.05, 0) is 101 Å². The number of ether oxygens (including phenoxy) is 2. The molecule has 8 atom stereocenters. The highest BCUT2D eigenvalue weighted by molar-refractivity contribution is 7.91. The van der Waals surface area contributed by atoms with Crippen molar-refractivity contribution in [3.8, 4) is 11.6 Å². The predicted molar refractivity (Wildman–Crippen MR) is 211 cm³/mol. The van der Waals surface area contributed by atoms with E-state index >= 15 is 18.0 Å². The molecule has 18 heteroatoms. The molecule has 4 amide bonds. The van der Waals surface area contributed by atoms with Gasteiger partial charge in [-0.2, -0.15) is 8.78 Å². The van der Waals surface area contributed by atoms with Gasteiger partial charge in [-0.25, -0.2) is 22.6 Å². The minimum atomic E-state index is -4.36. The lowest BCUT2D eigenvalue weighted by Crippen LogP contribution is -2.64. The molecule has 2 saturated carbocycles. The maximum absolute atomic E-state index is 17.7. The highest BCUT2D eigenvalue weighted by Crippen LogP contribution is 2.51. The highest BCUT2D eigenvalue weighted by atomic mass is 32.2. The van der Waals surface area contributed by atoms with Crippen LogP contribution in [0.25, 0.3) is 10.8 Å². The minimum absolute atomic E-state index is 0.00227. The second kappa shape index (κ2) is 16.4. The molecule has 1 saturated heterocycles. The van der Waals surface area contributed by atoms with Crippen LogP contribution in [0.5, 0.6) is 11.6 Å². The van der Waals surface area contributed by atoms with Crippen molar-refractivity contribution in [2.45, 2.75) is 140 Å². The molecule has 4 aliphatic rings. The summed E-state index contributed by atoms with van der Waals surface area (Å²) in [5, 5.41) is 12.8. The van der Waals surface area contributed by atoms with Gasteiger partial charge in [-0.15, -0.1) is 0 Å². The Morgan fingerprint density at radius 1 is 1.15 bits per heavy atom. The van der Waals surface area contributed by atoms with Gasteiger partial charge in [0.05, 0.1) is 11.9 Å². The average molecular weight is 850 g/mol. The number of sulfonamides is 1. The second-order valence-corrected chi connectivity index (χ2v) is 18.7. The number of nitrogens with one attached hydrogen (secondary N) is 2. The van der Waals surface area contributed by atoms with Gasteiger partial charge in [-0.3, -0.25) is 28.9 Å². The Morgan fingerprint density at radius 3 is 2.49 bits per heavy atom. The standard InChI is InChI=1S/C41H54F3N5O9S/c1-7-24(5)48(38(53)54)33-25(8-2)18-23(4)12-10-11-13-27-21-40(27,37(52)47-59(55,56)28-14-15-28)46-34(50)31-22-39(6,41(43,44)49(31)36(33)51)58-35-29-20-30(42)32(57-9-3)19-26(29)16-17-45-35/h11,13,16-17,19-20,23-25,27-28,31,33H,7-10,12,14-15,18,21-22H2,1-6H3,(H,46,50)(H,47,52)(H,53,54)/b13-11-/t23-,24?,25-,27-,31+,33+,39-,40-/m1/s1. The number of halogens is 3. The minimum Gasteiger partial charge on any atom is -0.491 e. The van der Waals surface area contributed by atoms with E-state index in [-0.39, 0.29) is 54.2 Å². The smallest absolute Gasteiger partial charge is 0.408 e. The number of nitrogens with zero attached hydrogens (tertiary/aromatic N) is 3. The third-order valence-electron chi connectivity index (χ3n) is 12.4. The number of carbonyl (C=O) groups excluding carboxylic acids is 3. The molecule has 0 bridgehead atoms. The van der Waals surface area contributed by atoms with E-state index in [0.717, 1.165) is 17.9 Å². The predicted octanol–water partition coefficient (Wildman–Crippen LogP) is 6.14. The molecule has 1 unspecified atom stereocenters. The van der Waals surface area contributed by atoms with Gasteiger partial charge in [0.15, 0.2) is 17.2 Å². The number of pyridine rings is 1. The van der Waals surface area contributed by atoms with Gasteiger partial charge in [-0.1, -0.05) is 39.3 Å². The number of allylic oxidation sites excluding steroid dienone is 1. The van der Waals surface area contributed by atoms with Gasteiger partial charge in [0.1, 0.15) is 17.6 Å². The summed E-state index contributed by atoms with van der Waals surface area (Å²) in [7, 11) is -4.09. The van der Waals surface area contributed by atoms with Crippen LogP contribution in [0.3, 0.4) is 0 Å². The monoisotopic (exact) mass is 849 g/mol. The zero-order valence-corrected chi connectivity index (χ0v) is 35.0. The highest BCUT2D eigenvalue weighted by Gasteiger charge is 2.71. The molecule has 0 radical (unpaired) electrons. The molecular formula is C41H54F3N5O9S. The van der Waals surface area contributed by atoms with Crippen molar-refractivity contribution >= 4 is 44.6 Å². The van der Waals surface area contributed by atoms with Crippen LogP contribution in [0.15, 0.2) is 36.5 Å². The first-order valence-electron chi connectivity index (χ1n) is 20.4. The van der Waals surface area contributed by atoms with Crippen LogP contribution in [0.4, 0.5) is 18.0 Å². The Hall–Kier alpha value is -4.61. The van der Waals surface area contributed by atoms with E-state index in [0.29, 0.717) is 31.1 Å². The normalized spacial score (nSPS) is 30.8. The summed E-state index contributed by atoms with van der Waals surface area (Å²) in [6.07, 6.45) is 4.89. The van der Waals surface area contributed by atoms with Gasteiger partial charge >= 0.3 is 12.1 Å². The maximum Gasteiger partial charge on any atom is 0.408 e. The number of alkyl halides is 2. The molecule has 2 aliphatic heterocycles. The Labute approximate surface area is 342 Å². The van der Waals surface area contributed by atoms with E-state index in [1.165, 1.54) is 18.3 Å². The van der Waals surface area contributed by atoms with Crippen LogP contribution in [0.2, 0.25) is 0 Å². The first-order chi connectivity index (χ1) is 27.7. The number of carbonyl (C=O) groups is 4. The molecule has 2 aromatic rings. The largest absolute Gasteiger partial charge is 0.491 e. The summed E-state index contributed by atoms with van der Waals surface area (Å²) < 4.78 is 89.9. The van der Waals surface area contributed by atoms with Crippen LogP contribution in [0.1, 0.15) is 99.3 Å². The van der Waals surface area contributed by atoms with Crippen molar-refractivity contribution in [2.24, 2.45) is 17.8 Å². The van der Waals surface area contributed by atoms with E-state index in [9.17, 15) is 27.9 Å². The van der Waals surface area contributed by atoms with Crippen molar-refractivity contribution < 1.29 is 55.3 Å². The van der Waals surface area contributed by atoms with Gasteiger partial charge in [0.25, 0.3) is 11.8 Å². The van der Waals surface area contributed by atoms with E-state index in [4.69, 9.17) is 9.47 Å². The van der Waals surface area contributed by atoms with Crippen molar-refractivity contribution in [3.63, 3.8) is 0 Å². The lowest BCUT2D eigenvalue weighted by atomic mass is 9.83. The first kappa shape index (κ1) is 44.0. The summed E-state index contributed by atoms with van der Waals surface area (Å²) in [6, 6.07) is -5.01. The van der Waals surface area contributed by atoms with Crippen molar-refractivity contribution in [1.29, 1.82) is 0 Å². The molecule has 3 N–H and O–H groups in total. The molecule has 1 aromatic heterocycles. The molecule has 14 nitrogen and oxygen atoms in total. The van der Waals surface area contributed by atoms with Crippen LogP contribution in [-0.2, 0) is 24.4 Å². The van der Waals surface area contributed by atoms with Crippen LogP contribution in [-0.4, -0.2) is 99.3 Å². The maximum atomic E-state index is 17.7. The zero-order valence-electron chi connectivity index (χ0n) is 34.2. The first-order valence-corrected chi connectivity index (χ1v) is 22.0. The fourth-order valence-electron chi connectivity index (χ4n) is 8.58. The van der Waals surface area contributed by atoms with Gasteiger partial charge in [0.2, 0.25) is 21.8 Å². The molecule has 324 valence electrons. The molecule has 3 heterocycles. The lowest BCUT2D eigenvalue weighted by Gasteiger charge is -2.43. The van der Waals surface area contributed by atoms with Crippen molar-refractivity contribution in [3.05, 3.63) is 42.4 Å². The van der Waals surface area contributed by atoms with E-state index in [2.05, 4.69) is 15.0 Å². The number of rotatable bonds is 11. The summed E-state index contributed by atoms with van der Waals surface area (Å²) in [6.45, 7) is 9.74. The summed E-state index contributed by atoms with van der Waals surface area (Å²) >= 11 is 0. The number of aromatic nitrogens is 1. The van der Waals surface area contributed by atoms with E-state index in [1.807, 2.05) is 13.0 Å². The number of hydrogen-bond acceptors (Lipinski definition) is 9. The fraction of sp³-hybridized carbons (Fsp3) is 0.634. The Balaban J connectivity index is 1.49. The van der Waals surface area contributed by atoms with Crippen LogP contribution < -0.4 is 19.5 Å². The number of carboxylic acid groups (broad SMARTS) is 1. The third kappa shape index (κ3) is 8.29. The number of fused-ring (bicyclic) bond motifs is 3. The van der Waals surface area contributed by atoms with E-state index in [1.54, 1.807) is 33.8 Å². The average Bonchev–Trinajstić information content (AvgIpc) is 4.10. The lowest BCUT2D eigenvalue weighted by molar-refractivity contribution is -0.219. The second-order valence-electron chi connectivity index (χ2n) is 16.7. The number of hydrogen-bond donors (Lipinski definition) is 3. The third-order valence-corrected chi connectivity index (χ3v) is 14.3. The zero-order chi connectivity index (χ0) is 43.2. The Morgan fingerprint density at radius 2 is 1.86 bits per heavy atom. The fourth-order valence-corrected chi connectivity index (χ4v) is 9.94. The summed E-state index contributed by atoms with van der Waals surface area (Å²) in [4.78, 5) is 61.9. The molecule has 1 aromatic carbocycles. The Bertz CT molecular complexity index is 2120. The Kier molecular flexibility index (Phi) is 12.3. The molecule has 3 fully saturated rings. The van der Waals surface area contributed by atoms with Crippen LogP contribution in [0, 0.1) is 23.6 Å². The van der Waals surface area contributed by atoms with Crippen molar-refractivity contribution in [2.75, 3.05) is 6.61 Å².